The molecule has 0 aliphatic carbocycles. The average molecular weight is 249 g/mol. The van der Waals surface area contributed by atoms with Gasteiger partial charge < -0.3 is 10.6 Å². The summed E-state index contributed by atoms with van der Waals surface area (Å²) in [5.41, 5.74) is 6.57. The van der Waals surface area contributed by atoms with Crippen molar-refractivity contribution in [3.8, 4) is 0 Å². The van der Waals surface area contributed by atoms with E-state index in [1.165, 1.54) is 6.07 Å². The first kappa shape index (κ1) is 12.5. The van der Waals surface area contributed by atoms with Gasteiger partial charge in [0.2, 0.25) is 0 Å². The van der Waals surface area contributed by atoms with Crippen molar-refractivity contribution >= 4 is 11.6 Å². The number of hydrogen-bond donors (Lipinski definition) is 1. The first-order valence-corrected chi connectivity index (χ1v) is 5.79. The van der Waals surface area contributed by atoms with E-state index in [0.29, 0.717) is 13.1 Å². The van der Waals surface area contributed by atoms with Crippen LogP contribution in [0.5, 0.6) is 0 Å². The largest absolute Gasteiger partial charge is 0.337 e. The minimum Gasteiger partial charge on any atom is -0.337 e. The van der Waals surface area contributed by atoms with E-state index < -0.39 is 4.92 Å². The first-order chi connectivity index (χ1) is 8.49. The van der Waals surface area contributed by atoms with Gasteiger partial charge in [-0.25, -0.2) is 0 Å². The molecular formula is C12H15N3O3. The van der Waals surface area contributed by atoms with Gasteiger partial charge in [-0.2, -0.15) is 0 Å². The number of amides is 1. The first-order valence-electron chi connectivity index (χ1n) is 5.79. The summed E-state index contributed by atoms with van der Waals surface area (Å²) in [5.74, 6) is -0.307. The zero-order valence-electron chi connectivity index (χ0n) is 10.1. The van der Waals surface area contributed by atoms with Gasteiger partial charge in [0.05, 0.1) is 4.92 Å². The van der Waals surface area contributed by atoms with Gasteiger partial charge >= 0.3 is 0 Å². The highest BCUT2D eigenvalue weighted by Gasteiger charge is 2.29. The van der Waals surface area contributed by atoms with Crippen molar-refractivity contribution in [2.45, 2.75) is 19.4 Å². The molecule has 0 bridgehead atoms. The van der Waals surface area contributed by atoms with Gasteiger partial charge in [0.1, 0.15) is 5.56 Å². The molecular weight excluding hydrogens is 234 g/mol. The highest BCUT2D eigenvalue weighted by molar-refractivity contribution is 5.98. The van der Waals surface area contributed by atoms with Crippen LogP contribution in [0.1, 0.15) is 22.3 Å². The molecule has 1 fully saturated rings. The van der Waals surface area contributed by atoms with Crippen LogP contribution in [0, 0.1) is 17.0 Å². The van der Waals surface area contributed by atoms with Crippen molar-refractivity contribution in [1.29, 1.82) is 0 Å². The van der Waals surface area contributed by atoms with Crippen LogP contribution in [0.3, 0.4) is 0 Å². The highest BCUT2D eigenvalue weighted by Crippen LogP contribution is 2.23. The Labute approximate surface area is 105 Å². The minimum absolute atomic E-state index is 0.0298. The molecule has 1 atom stereocenters. The maximum Gasteiger partial charge on any atom is 0.282 e. The summed E-state index contributed by atoms with van der Waals surface area (Å²) in [6, 6.07) is 4.53. The van der Waals surface area contributed by atoms with Gasteiger partial charge in [-0.05, 0) is 25.0 Å². The Bertz CT molecular complexity index is 501. The molecule has 1 aliphatic rings. The Morgan fingerprint density at radius 1 is 1.56 bits per heavy atom. The number of rotatable bonds is 2. The standard InChI is InChI=1S/C12H15N3O3/c1-8-2-3-11(15(17)18)10(6-8)12(16)14-5-4-9(13)7-14/h2-3,6,9H,4-5,7,13H2,1H3. The van der Waals surface area contributed by atoms with Crippen molar-refractivity contribution in [3.63, 3.8) is 0 Å². The molecule has 6 heteroatoms. The second-order valence-electron chi connectivity index (χ2n) is 4.58. The molecule has 0 saturated carbocycles. The van der Waals surface area contributed by atoms with Crippen LogP contribution in [0.2, 0.25) is 0 Å². The van der Waals surface area contributed by atoms with Gasteiger partial charge in [-0.3, -0.25) is 14.9 Å². The summed E-state index contributed by atoms with van der Waals surface area (Å²) in [4.78, 5) is 24.2. The molecule has 1 saturated heterocycles. The summed E-state index contributed by atoms with van der Waals surface area (Å²) in [5, 5.41) is 10.9. The van der Waals surface area contributed by atoms with E-state index in [0.717, 1.165) is 12.0 Å². The number of nitro groups is 1. The lowest BCUT2D eigenvalue weighted by Gasteiger charge is -2.16. The summed E-state index contributed by atoms with van der Waals surface area (Å²) in [7, 11) is 0. The molecule has 1 amide bonds. The van der Waals surface area contributed by atoms with Crippen molar-refractivity contribution in [2.24, 2.45) is 5.73 Å². The normalized spacial score (nSPS) is 19.0. The summed E-state index contributed by atoms with van der Waals surface area (Å²) in [6.07, 6.45) is 0.741. The maximum absolute atomic E-state index is 12.2. The summed E-state index contributed by atoms with van der Waals surface area (Å²) < 4.78 is 0. The van der Waals surface area contributed by atoms with E-state index in [2.05, 4.69) is 0 Å². The third-order valence-corrected chi connectivity index (χ3v) is 3.09. The summed E-state index contributed by atoms with van der Waals surface area (Å²) in [6.45, 7) is 2.82. The van der Waals surface area contributed by atoms with Crippen LogP contribution in [-0.2, 0) is 0 Å². The fraction of sp³-hybridized carbons (Fsp3) is 0.417. The van der Waals surface area contributed by atoms with Crippen LogP contribution >= 0.6 is 0 Å². The Hall–Kier alpha value is -1.95. The van der Waals surface area contributed by atoms with Gasteiger partial charge in [-0.1, -0.05) is 6.07 Å². The lowest BCUT2D eigenvalue weighted by atomic mass is 10.1. The smallest absolute Gasteiger partial charge is 0.282 e. The molecule has 2 rings (SSSR count). The quantitative estimate of drug-likeness (QED) is 0.627. The second-order valence-corrected chi connectivity index (χ2v) is 4.58. The molecule has 1 heterocycles. The van der Waals surface area contributed by atoms with Gasteiger partial charge in [-0.15, -0.1) is 0 Å². The van der Waals surface area contributed by atoms with Crippen LogP contribution in [0.15, 0.2) is 18.2 Å². The van der Waals surface area contributed by atoms with Crippen LogP contribution < -0.4 is 5.73 Å². The number of aryl methyl sites for hydroxylation is 1. The number of nitro benzene ring substituents is 1. The fourth-order valence-electron chi connectivity index (χ4n) is 2.12. The van der Waals surface area contributed by atoms with Gasteiger partial charge in [0, 0.05) is 25.2 Å². The van der Waals surface area contributed by atoms with Crippen molar-refractivity contribution in [1.82, 2.24) is 4.90 Å². The Morgan fingerprint density at radius 2 is 2.28 bits per heavy atom. The van der Waals surface area contributed by atoms with Crippen molar-refractivity contribution < 1.29 is 9.72 Å². The fourth-order valence-corrected chi connectivity index (χ4v) is 2.12. The molecule has 1 aromatic rings. The number of nitrogens with two attached hydrogens (primary N) is 1. The third-order valence-electron chi connectivity index (χ3n) is 3.09. The highest BCUT2D eigenvalue weighted by atomic mass is 16.6. The van der Waals surface area contributed by atoms with E-state index in [1.807, 2.05) is 0 Å². The molecule has 2 N–H and O–H groups in total. The lowest BCUT2D eigenvalue weighted by molar-refractivity contribution is -0.385. The maximum atomic E-state index is 12.2. The molecule has 0 spiro atoms. The molecule has 0 aromatic heterocycles. The van der Waals surface area contributed by atoms with Crippen LogP contribution in [0.4, 0.5) is 5.69 Å². The SMILES string of the molecule is Cc1ccc([N+](=O)[O-])c(C(=O)N2CCC(N)C2)c1. The zero-order valence-corrected chi connectivity index (χ0v) is 10.1. The zero-order chi connectivity index (χ0) is 13.3. The topological polar surface area (TPSA) is 89.5 Å². The monoisotopic (exact) mass is 249 g/mol. The minimum atomic E-state index is -0.525. The predicted molar refractivity (Wildman–Crippen MR) is 66.3 cm³/mol. The molecule has 1 aromatic carbocycles. The summed E-state index contributed by atoms with van der Waals surface area (Å²) >= 11 is 0. The van der Waals surface area contributed by atoms with Crippen LogP contribution in [-0.4, -0.2) is 34.9 Å². The van der Waals surface area contributed by atoms with Crippen molar-refractivity contribution in [3.05, 3.63) is 39.4 Å². The van der Waals surface area contributed by atoms with Crippen molar-refractivity contribution in [2.75, 3.05) is 13.1 Å². The van der Waals surface area contributed by atoms with E-state index >= 15 is 0 Å². The van der Waals surface area contributed by atoms with Crippen LogP contribution in [0.25, 0.3) is 0 Å². The molecule has 18 heavy (non-hydrogen) atoms. The van der Waals surface area contributed by atoms with E-state index in [4.69, 9.17) is 5.73 Å². The Balaban J connectivity index is 2.34. The molecule has 0 radical (unpaired) electrons. The molecule has 1 unspecified atom stereocenters. The average Bonchev–Trinajstić information content (AvgIpc) is 2.74. The second kappa shape index (κ2) is 4.73. The van der Waals surface area contributed by atoms with E-state index in [-0.39, 0.29) is 23.2 Å². The molecule has 96 valence electrons. The number of carbonyl (C=O) groups excluding carboxylic acids is 1. The van der Waals surface area contributed by atoms with E-state index in [1.54, 1.807) is 24.0 Å². The number of hydrogen-bond acceptors (Lipinski definition) is 4. The molecule has 1 aliphatic heterocycles. The number of carbonyl (C=O) groups is 1. The van der Waals surface area contributed by atoms with E-state index in [9.17, 15) is 14.9 Å². The lowest BCUT2D eigenvalue weighted by Crippen LogP contribution is -2.32. The Morgan fingerprint density at radius 3 is 2.83 bits per heavy atom. The van der Waals surface area contributed by atoms with Gasteiger partial charge in [0.25, 0.3) is 11.6 Å². The third kappa shape index (κ3) is 2.33. The predicted octanol–water partition coefficient (Wildman–Crippen LogP) is 1.08. The Kier molecular flexibility index (Phi) is 3.29. The number of benzene rings is 1. The number of likely N-dealkylation sites (tertiary alicyclic amines) is 1. The van der Waals surface area contributed by atoms with Gasteiger partial charge in [0.15, 0.2) is 0 Å². The number of nitrogens with zero attached hydrogens (tertiary/aromatic N) is 2. The molecule has 6 nitrogen and oxygen atoms in total.